The van der Waals surface area contributed by atoms with Gasteiger partial charge in [0, 0.05) is 35.2 Å². The number of aromatic nitrogens is 4. The van der Waals surface area contributed by atoms with E-state index < -0.39 is 0 Å². The van der Waals surface area contributed by atoms with Crippen molar-refractivity contribution in [2.24, 2.45) is 0 Å². The summed E-state index contributed by atoms with van der Waals surface area (Å²) in [6.45, 7) is 0. The molecule has 5 heteroatoms. The van der Waals surface area contributed by atoms with Crippen LogP contribution in [0.3, 0.4) is 0 Å². The smallest absolute Gasteiger partial charge is 0.183 e. The van der Waals surface area contributed by atoms with E-state index in [0.717, 1.165) is 11.2 Å². The lowest BCUT2D eigenvalue weighted by molar-refractivity contribution is 0.964. The molecular formula is C14H11ClN4. The van der Waals surface area contributed by atoms with E-state index in [9.17, 15) is 0 Å². The van der Waals surface area contributed by atoms with Crippen LogP contribution in [0.15, 0.2) is 36.8 Å². The Balaban J connectivity index is 1.82. The van der Waals surface area contributed by atoms with E-state index in [4.69, 9.17) is 11.6 Å². The van der Waals surface area contributed by atoms with E-state index in [-0.39, 0.29) is 0 Å². The minimum atomic E-state index is 0.663. The second-order valence-corrected chi connectivity index (χ2v) is 5.30. The maximum Gasteiger partial charge on any atom is 0.183 e. The molecule has 0 aromatic carbocycles. The number of fused-ring (bicyclic) bond motifs is 1. The van der Waals surface area contributed by atoms with E-state index in [1.165, 1.54) is 18.4 Å². The Hall–Kier alpha value is -1.94. The first-order chi connectivity index (χ1) is 9.29. The summed E-state index contributed by atoms with van der Waals surface area (Å²) in [5.74, 6) is 1.37. The number of hydrogen-bond donors (Lipinski definition) is 0. The van der Waals surface area contributed by atoms with Gasteiger partial charge in [0.1, 0.15) is 0 Å². The van der Waals surface area contributed by atoms with Gasteiger partial charge >= 0.3 is 0 Å². The van der Waals surface area contributed by atoms with Crippen LogP contribution in [0.5, 0.6) is 0 Å². The third-order valence-electron chi connectivity index (χ3n) is 3.37. The Kier molecular flexibility index (Phi) is 2.32. The predicted octanol–water partition coefficient (Wildman–Crippen LogP) is 3.32. The van der Waals surface area contributed by atoms with Crippen LogP contribution in [-0.4, -0.2) is 19.6 Å². The first-order valence-corrected chi connectivity index (χ1v) is 6.65. The van der Waals surface area contributed by atoms with Crippen molar-refractivity contribution in [1.82, 2.24) is 19.6 Å². The van der Waals surface area contributed by atoms with Gasteiger partial charge in [-0.2, -0.15) is 0 Å². The quantitative estimate of drug-likeness (QED) is 0.717. The monoisotopic (exact) mass is 270 g/mol. The summed E-state index contributed by atoms with van der Waals surface area (Å²) in [6.07, 6.45) is 8.08. The molecule has 1 aliphatic carbocycles. The molecule has 94 valence electrons. The number of nitrogens with zero attached hydrogens (tertiary/aromatic N) is 4. The molecule has 1 aliphatic rings. The van der Waals surface area contributed by atoms with Crippen molar-refractivity contribution in [3.63, 3.8) is 0 Å². The van der Waals surface area contributed by atoms with Crippen molar-refractivity contribution in [3.05, 3.63) is 47.4 Å². The van der Waals surface area contributed by atoms with E-state index >= 15 is 0 Å². The van der Waals surface area contributed by atoms with Gasteiger partial charge in [0.25, 0.3) is 0 Å². The first-order valence-electron chi connectivity index (χ1n) is 6.27. The van der Waals surface area contributed by atoms with Crippen LogP contribution in [0.4, 0.5) is 0 Å². The van der Waals surface area contributed by atoms with Gasteiger partial charge in [0.2, 0.25) is 0 Å². The molecule has 0 aliphatic heterocycles. The van der Waals surface area contributed by atoms with Gasteiger partial charge in [-0.15, -0.1) is 5.10 Å². The van der Waals surface area contributed by atoms with Gasteiger partial charge in [-0.25, -0.2) is 9.50 Å². The van der Waals surface area contributed by atoms with Crippen molar-refractivity contribution in [1.29, 1.82) is 0 Å². The average Bonchev–Trinajstić information content (AvgIpc) is 3.19. The lowest BCUT2D eigenvalue weighted by Gasteiger charge is -1.99. The summed E-state index contributed by atoms with van der Waals surface area (Å²) in [7, 11) is 0. The summed E-state index contributed by atoms with van der Waals surface area (Å²) in [5.41, 5.74) is 3.00. The maximum absolute atomic E-state index is 5.96. The zero-order valence-corrected chi connectivity index (χ0v) is 10.9. The van der Waals surface area contributed by atoms with Crippen LogP contribution in [0.25, 0.3) is 17.0 Å². The summed E-state index contributed by atoms with van der Waals surface area (Å²) in [6, 6.07) is 5.74. The zero-order valence-electron chi connectivity index (χ0n) is 10.1. The third kappa shape index (κ3) is 1.98. The molecule has 3 aromatic rings. The topological polar surface area (TPSA) is 43.1 Å². The Morgan fingerprint density at radius 3 is 2.95 bits per heavy atom. The van der Waals surface area contributed by atoms with Gasteiger partial charge in [-0.05, 0) is 36.5 Å². The van der Waals surface area contributed by atoms with Crippen molar-refractivity contribution < 1.29 is 0 Å². The minimum Gasteiger partial charge on any atom is -0.264 e. The molecule has 3 heterocycles. The highest BCUT2D eigenvalue weighted by atomic mass is 35.5. The standard InChI is InChI=1S/C14H11ClN4/c15-12-3-4-19-13(6-12)17-14(18-19)11-5-10(7-16-8-11)9-1-2-9/h3-9H,1-2H2. The third-order valence-corrected chi connectivity index (χ3v) is 3.60. The molecule has 1 saturated carbocycles. The fourth-order valence-electron chi connectivity index (χ4n) is 2.20. The Bertz CT molecular complexity index is 761. The van der Waals surface area contributed by atoms with Gasteiger partial charge in [0.05, 0.1) is 0 Å². The molecule has 0 unspecified atom stereocenters. The molecule has 0 bridgehead atoms. The van der Waals surface area contributed by atoms with Crippen LogP contribution < -0.4 is 0 Å². The van der Waals surface area contributed by atoms with Crippen LogP contribution in [-0.2, 0) is 0 Å². The molecule has 0 amide bonds. The molecule has 4 rings (SSSR count). The van der Waals surface area contributed by atoms with Crippen LogP contribution in [0, 0.1) is 0 Å². The number of pyridine rings is 2. The minimum absolute atomic E-state index is 0.663. The summed E-state index contributed by atoms with van der Waals surface area (Å²) in [4.78, 5) is 8.79. The molecule has 19 heavy (non-hydrogen) atoms. The number of rotatable bonds is 2. The fraction of sp³-hybridized carbons (Fsp3) is 0.214. The molecule has 0 saturated heterocycles. The van der Waals surface area contributed by atoms with E-state index in [1.807, 2.05) is 18.6 Å². The molecule has 0 spiro atoms. The molecule has 0 radical (unpaired) electrons. The number of hydrogen-bond acceptors (Lipinski definition) is 3. The summed E-state index contributed by atoms with van der Waals surface area (Å²) < 4.78 is 1.73. The normalized spacial score (nSPS) is 15.0. The molecule has 1 fully saturated rings. The summed E-state index contributed by atoms with van der Waals surface area (Å²) >= 11 is 5.96. The van der Waals surface area contributed by atoms with Crippen molar-refractivity contribution in [2.45, 2.75) is 18.8 Å². The van der Waals surface area contributed by atoms with Crippen LogP contribution in [0.1, 0.15) is 24.3 Å². The second-order valence-electron chi connectivity index (χ2n) is 4.86. The molecular weight excluding hydrogens is 260 g/mol. The van der Waals surface area contributed by atoms with Crippen molar-refractivity contribution in [2.75, 3.05) is 0 Å². The van der Waals surface area contributed by atoms with Gasteiger partial charge in [-0.1, -0.05) is 11.6 Å². The van der Waals surface area contributed by atoms with Crippen LogP contribution >= 0.6 is 11.6 Å². The van der Waals surface area contributed by atoms with Gasteiger partial charge in [-0.3, -0.25) is 4.98 Å². The molecule has 0 atom stereocenters. The maximum atomic E-state index is 5.96. The van der Waals surface area contributed by atoms with Gasteiger partial charge < -0.3 is 0 Å². The Morgan fingerprint density at radius 2 is 2.11 bits per heavy atom. The van der Waals surface area contributed by atoms with E-state index in [1.54, 1.807) is 16.6 Å². The second kappa shape index (κ2) is 4.03. The molecule has 4 nitrogen and oxygen atoms in total. The average molecular weight is 271 g/mol. The van der Waals surface area contributed by atoms with Crippen molar-refractivity contribution in [3.8, 4) is 11.4 Å². The van der Waals surface area contributed by atoms with Gasteiger partial charge in [0.15, 0.2) is 11.5 Å². The highest BCUT2D eigenvalue weighted by Gasteiger charge is 2.24. The summed E-state index contributed by atoms with van der Waals surface area (Å²) in [5, 5.41) is 5.12. The Morgan fingerprint density at radius 1 is 1.21 bits per heavy atom. The predicted molar refractivity (Wildman–Crippen MR) is 73.2 cm³/mol. The lowest BCUT2D eigenvalue weighted by Crippen LogP contribution is -1.88. The SMILES string of the molecule is Clc1ccn2nc(-c3cncc(C4CC4)c3)nc2c1. The number of halogens is 1. The zero-order chi connectivity index (χ0) is 12.8. The van der Waals surface area contributed by atoms with Crippen LogP contribution in [0.2, 0.25) is 5.02 Å². The van der Waals surface area contributed by atoms with E-state index in [0.29, 0.717) is 16.8 Å². The largest absolute Gasteiger partial charge is 0.264 e. The highest BCUT2D eigenvalue weighted by molar-refractivity contribution is 6.30. The highest BCUT2D eigenvalue weighted by Crippen LogP contribution is 2.40. The van der Waals surface area contributed by atoms with E-state index in [2.05, 4.69) is 21.1 Å². The fourth-order valence-corrected chi connectivity index (χ4v) is 2.35. The molecule has 3 aromatic heterocycles. The Labute approximate surface area is 115 Å². The van der Waals surface area contributed by atoms with Crippen molar-refractivity contribution >= 4 is 17.2 Å². The first kappa shape index (κ1) is 10.9. The lowest BCUT2D eigenvalue weighted by atomic mass is 10.1. The molecule has 0 N–H and O–H groups in total.